The molecule has 6 nitrogen and oxygen atoms in total. The Balaban J connectivity index is 0.00000420. The number of halogens is 1. The summed E-state index contributed by atoms with van der Waals surface area (Å²) in [4.78, 5) is 16.0. The molecular weight excluding hydrogens is 481 g/mol. The third kappa shape index (κ3) is 8.82. The lowest BCUT2D eigenvalue weighted by atomic mass is 10.1. The van der Waals surface area contributed by atoms with E-state index in [1.807, 2.05) is 49.4 Å². The number of benzene rings is 2. The number of nitrogens with zero attached hydrogens (tertiary/aromatic N) is 1. The predicted molar refractivity (Wildman–Crippen MR) is 127 cm³/mol. The third-order valence-corrected chi connectivity index (χ3v) is 4.28. The largest absolute Gasteiger partial charge is 0.465 e. The van der Waals surface area contributed by atoms with E-state index in [1.165, 1.54) is 7.11 Å². The number of rotatable bonds is 9. The summed E-state index contributed by atoms with van der Waals surface area (Å²) in [6.45, 7) is 4.02. The molecule has 0 saturated heterocycles. The summed E-state index contributed by atoms with van der Waals surface area (Å²) in [5.74, 6) is 0.401. The molecule has 2 rings (SSSR count). The molecule has 1 atom stereocenters. The van der Waals surface area contributed by atoms with Gasteiger partial charge in [-0.1, -0.05) is 42.5 Å². The average molecular weight is 511 g/mol. The fourth-order valence-corrected chi connectivity index (χ4v) is 2.73. The molecule has 0 bridgehead atoms. The monoisotopic (exact) mass is 511 g/mol. The zero-order valence-corrected chi connectivity index (χ0v) is 19.3. The second-order valence-electron chi connectivity index (χ2n) is 6.34. The van der Waals surface area contributed by atoms with Crippen LogP contribution in [0.2, 0.25) is 0 Å². The number of guanidine groups is 1. The number of carbonyl (C=O) groups is 1. The zero-order chi connectivity index (χ0) is 20.2. The maximum Gasteiger partial charge on any atom is 0.337 e. The smallest absolute Gasteiger partial charge is 0.337 e. The first-order chi connectivity index (χ1) is 13.6. The number of aliphatic hydroxyl groups is 1. The number of esters is 1. The molecular formula is C22H30IN3O3. The van der Waals surface area contributed by atoms with Crippen molar-refractivity contribution in [3.63, 3.8) is 0 Å². The summed E-state index contributed by atoms with van der Waals surface area (Å²) in [6, 6.07) is 17.0. The molecule has 0 aliphatic rings. The highest BCUT2D eigenvalue weighted by Crippen LogP contribution is 2.15. The summed E-state index contributed by atoms with van der Waals surface area (Å²) in [6.07, 6.45) is 0.856. The van der Waals surface area contributed by atoms with Gasteiger partial charge in [0.15, 0.2) is 5.96 Å². The molecule has 0 aliphatic carbocycles. The predicted octanol–water partition coefficient (Wildman–Crippen LogP) is 3.31. The van der Waals surface area contributed by atoms with Crippen LogP contribution >= 0.6 is 24.0 Å². The van der Waals surface area contributed by atoms with Gasteiger partial charge in [-0.05, 0) is 43.0 Å². The maximum atomic E-state index is 11.5. The lowest BCUT2D eigenvalue weighted by Gasteiger charge is -2.13. The Morgan fingerprint density at radius 2 is 1.79 bits per heavy atom. The summed E-state index contributed by atoms with van der Waals surface area (Å²) in [7, 11) is 1.38. The van der Waals surface area contributed by atoms with Crippen LogP contribution in [0.1, 0.15) is 40.9 Å². The van der Waals surface area contributed by atoms with Gasteiger partial charge in [-0.2, -0.15) is 0 Å². The molecule has 2 aromatic rings. The van der Waals surface area contributed by atoms with Gasteiger partial charge in [-0.25, -0.2) is 4.79 Å². The first-order valence-electron chi connectivity index (χ1n) is 9.56. The van der Waals surface area contributed by atoms with Crippen LogP contribution in [0.15, 0.2) is 59.6 Å². The number of hydrogen-bond donors (Lipinski definition) is 3. The van der Waals surface area contributed by atoms with Gasteiger partial charge in [0.25, 0.3) is 0 Å². The summed E-state index contributed by atoms with van der Waals surface area (Å²) in [5.41, 5.74) is 2.58. The highest BCUT2D eigenvalue weighted by atomic mass is 127. The molecule has 0 aliphatic heterocycles. The van der Waals surface area contributed by atoms with Crippen LogP contribution < -0.4 is 10.6 Å². The van der Waals surface area contributed by atoms with E-state index in [-0.39, 0.29) is 29.9 Å². The Morgan fingerprint density at radius 3 is 2.41 bits per heavy atom. The van der Waals surface area contributed by atoms with Gasteiger partial charge in [-0.15, -0.1) is 24.0 Å². The lowest BCUT2D eigenvalue weighted by molar-refractivity contribution is 0.0600. The van der Waals surface area contributed by atoms with Crippen molar-refractivity contribution in [3.8, 4) is 0 Å². The molecule has 3 N–H and O–H groups in total. The molecule has 158 valence electrons. The van der Waals surface area contributed by atoms with Crippen molar-refractivity contribution in [2.75, 3.05) is 26.7 Å². The van der Waals surface area contributed by atoms with Gasteiger partial charge in [0.2, 0.25) is 0 Å². The molecule has 2 aromatic carbocycles. The van der Waals surface area contributed by atoms with Crippen molar-refractivity contribution in [2.45, 2.75) is 25.9 Å². The first-order valence-corrected chi connectivity index (χ1v) is 9.56. The van der Waals surface area contributed by atoms with Crippen LogP contribution in [-0.4, -0.2) is 43.8 Å². The zero-order valence-electron chi connectivity index (χ0n) is 16.9. The topological polar surface area (TPSA) is 83.0 Å². The van der Waals surface area contributed by atoms with Crippen LogP contribution in [0.25, 0.3) is 0 Å². The van der Waals surface area contributed by atoms with Crippen molar-refractivity contribution in [2.24, 2.45) is 4.99 Å². The van der Waals surface area contributed by atoms with Crippen molar-refractivity contribution >= 4 is 35.9 Å². The van der Waals surface area contributed by atoms with Crippen LogP contribution in [0.3, 0.4) is 0 Å². The minimum absolute atomic E-state index is 0. The Kier molecular flexibility index (Phi) is 12.0. The summed E-state index contributed by atoms with van der Waals surface area (Å²) < 4.78 is 4.71. The standard InChI is InChI=1S/C22H29N3O3.HI/c1-3-23-22(25-16-14-20(26)18-7-5-4-6-8-18)24-15-13-17-9-11-19(12-10-17)21(27)28-2;/h4-12,20,26H,3,13-16H2,1-2H3,(H2,23,24,25);1H. The summed E-state index contributed by atoms with van der Waals surface area (Å²) in [5, 5.41) is 16.7. The van der Waals surface area contributed by atoms with E-state index < -0.39 is 6.10 Å². The summed E-state index contributed by atoms with van der Waals surface area (Å²) >= 11 is 0. The van der Waals surface area contributed by atoms with E-state index in [2.05, 4.69) is 15.6 Å². The normalized spacial score (nSPS) is 11.9. The van der Waals surface area contributed by atoms with E-state index in [0.29, 0.717) is 25.1 Å². The van der Waals surface area contributed by atoms with Gasteiger partial charge >= 0.3 is 5.97 Å². The average Bonchev–Trinajstić information content (AvgIpc) is 2.74. The number of carbonyl (C=O) groups excluding carboxylic acids is 1. The maximum absolute atomic E-state index is 11.5. The van der Waals surface area contributed by atoms with Crippen molar-refractivity contribution < 1.29 is 14.6 Å². The molecule has 7 heteroatoms. The molecule has 0 fully saturated rings. The van der Waals surface area contributed by atoms with Gasteiger partial charge in [-0.3, -0.25) is 4.99 Å². The fourth-order valence-electron chi connectivity index (χ4n) is 2.73. The number of aliphatic hydroxyl groups excluding tert-OH is 1. The highest BCUT2D eigenvalue weighted by Gasteiger charge is 2.07. The van der Waals surface area contributed by atoms with E-state index in [0.717, 1.165) is 30.1 Å². The molecule has 0 heterocycles. The fraction of sp³-hybridized carbons (Fsp3) is 0.364. The molecule has 0 saturated carbocycles. The highest BCUT2D eigenvalue weighted by molar-refractivity contribution is 14.0. The number of hydrogen-bond acceptors (Lipinski definition) is 4. The number of nitrogens with one attached hydrogen (secondary N) is 2. The minimum Gasteiger partial charge on any atom is -0.465 e. The van der Waals surface area contributed by atoms with Gasteiger partial charge in [0.05, 0.1) is 18.8 Å². The van der Waals surface area contributed by atoms with Gasteiger partial charge < -0.3 is 20.5 Å². The van der Waals surface area contributed by atoms with E-state index in [4.69, 9.17) is 4.74 Å². The van der Waals surface area contributed by atoms with E-state index >= 15 is 0 Å². The quantitative estimate of drug-likeness (QED) is 0.208. The first kappa shape index (κ1) is 24.9. The van der Waals surface area contributed by atoms with Crippen LogP contribution in [0.4, 0.5) is 0 Å². The number of methoxy groups -OCH3 is 1. The Morgan fingerprint density at radius 1 is 1.10 bits per heavy atom. The molecule has 0 aromatic heterocycles. The third-order valence-electron chi connectivity index (χ3n) is 4.28. The SMILES string of the molecule is CCNC(=NCCC(O)c1ccccc1)NCCc1ccc(C(=O)OC)cc1.I. The Bertz CT molecular complexity index is 752. The second kappa shape index (κ2) is 13.9. The van der Waals surface area contributed by atoms with Gasteiger partial charge in [0.1, 0.15) is 0 Å². The number of ether oxygens (including phenoxy) is 1. The van der Waals surface area contributed by atoms with Crippen molar-refractivity contribution in [1.82, 2.24) is 10.6 Å². The molecule has 0 radical (unpaired) electrons. The molecule has 0 amide bonds. The number of aliphatic imine (C=N–C) groups is 1. The van der Waals surface area contributed by atoms with E-state index in [9.17, 15) is 9.90 Å². The van der Waals surface area contributed by atoms with Crippen molar-refractivity contribution in [3.05, 3.63) is 71.3 Å². The lowest BCUT2D eigenvalue weighted by Crippen LogP contribution is -2.38. The molecule has 29 heavy (non-hydrogen) atoms. The van der Waals surface area contributed by atoms with Crippen LogP contribution in [-0.2, 0) is 11.2 Å². The van der Waals surface area contributed by atoms with Crippen LogP contribution in [0, 0.1) is 0 Å². The Labute approximate surface area is 189 Å². The van der Waals surface area contributed by atoms with Crippen molar-refractivity contribution in [1.29, 1.82) is 0 Å². The van der Waals surface area contributed by atoms with Crippen LogP contribution in [0.5, 0.6) is 0 Å². The van der Waals surface area contributed by atoms with Gasteiger partial charge in [0, 0.05) is 19.6 Å². The minimum atomic E-state index is -0.513. The molecule has 0 spiro atoms. The van der Waals surface area contributed by atoms with E-state index in [1.54, 1.807) is 12.1 Å². The molecule has 1 unspecified atom stereocenters. The second-order valence-corrected chi connectivity index (χ2v) is 6.34. The Hall–Kier alpha value is -2.13.